The van der Waals surface area contributed by atoms with Crippen LogP contribution in [0.4, 0.5) is 5.69 Å². The van der Waals surface area contributed by atoms with Crippen molar-refractivity contribution in [2.75, 3.05) is 18.5 Å². The largest absolute Gasteiger partial charge is 0.479 e. The molecule has 92 valence electrons. The third kappa shape index (κ3) is 2.53. The smallest absolute Gasteiger partial charge is 0.331 e. The molecule has 1 saturated heterocycles. The summed E-state index contributed by atoms with van der Waals surface area (Å²) in [5.41, 5.74) is -0.439. The van der Waals surface area contributed by atoms with Gasteiger partial charge in [0.05, 0.1) is 17.3 Å². The Morgan fingerprint density at radius 2 is 2.24 bits per heavy atom. The Hall–Kier alpha value is -1.26. The zero-order valence-electron chi connectivity index (χ0n) is 9.28. The fourth-order valence-corrected chi connectivity index (χ4v) is 2.12. The fraction of sp³-hybridized carbons (Fsp3) is 0.417. The lowest BCUT2D eigenvalue weighted by Gasteiger charge is -2.34. The highest BCUT2D eigenvalue weighted by Gasteiger charge is 2.40. The van der Waals surface area contributed by atoms with Crippen LogP contribution in [-0.2, 0) is 9.53 Å². The molecule has 0 bridgehead atoms. The molecular weight excluding hydrogens is 242 g/mol. The number of rotatable bonds is 3. The number of anilines is 1. The van der Waals surface area contributed by atoms with Crippen molar-refractivity contribution in [2.45, 2.75) is 18.4 Å². The summed E-state index contributed by atoms with van der Waals surface area (Å²) < 4.78 is 5.27. The fourth-order valence-electron chi connectivity index (χ4n) is 1.94. The molecule has 0 aromatic heterocycles. The number of aliphatic carboxylic acids is 1. The van der Waals surface area contributed by atoms with Gasteiger partial charge < -0.3 is 15.2 Å². The topological polar surface area (TPSA) is 58.6 Å². The lowest BCUT2D eigenvalue weighted by atomic mass is 9.92. The minimum absolute atomic E-state index is 0.160. The van der Waals surface area contributed by atoms with E-state index in [4.69, 9.17) is 16.3 Å². The SMILES string of the molecule is O=C(O)C1(Nc2ccccc2Cl)CCCOC1. The van der Waals surface area contributed by atoms with Gasteiger partial charge in [0.25, 0.3) is 0 Å². The van der Waals surface area contributed by atoms with Crippen LogP contribution in [0.5, 0.6) is 0 Å². The van der Waals surface area contributed by atoms with E-state index in [2.05, 4.69) is 5.32 Å². The molecule has 1 heterocycles. The van der Waals surface area contributed by atoms with Crippen LogP contribution in [0.15, 0.2) is 24.3 Å². The second-order valence-electron chi connectivity index (χ2n) is 4.15. The number of halogens is 1. The van der Waals surface area contributed by atoms with Gasteiger partial charge in [0.2, 0.25) is 0 Å². The summed E-state index contributed by atoms with van der Waals surface area (Å²) in [5.74, 6) is -0.905. The molecule has 1 atom stereocenters. The van der Waals surface area contributed by atoms with Crippen molar-refractivity contribution in [2.24, 2.45) is 0 Å². The maximum Gasteiger partial charge on any atom is 0.331 e. The Kier molecular flexibility index (Phi) is 3.54. The maximum absolute atomic E-state index is 11.4. The average molecular weight is 256 g/mol. The molecule has 0 aliphatic carbocycles. The van der Waals surface area contributed by atoms with E-state index in [0.29, 0.717) is 23.7 Å². The summed E-state index contributed by atoms with van der Waals surface area (Å²) in [6.07, 6.45) is 1.26. The average Bonchev–Trinajstić information content (AvgIpc) is 2.33. The van der Waals surface area contributed by atoms with Gasteiger partial charge in [0, 0.05) is 6.61 Å². The molecule has 5 heteroatoms. The van der Waals surface area contributed by atoms with E-state index in [-0.39, 0.29) is 6.61 Å². The summed E-state index contributed by atoms with van der Waals surface area (Å²) in [5, 5.41) is 12.9. The van der Waals surface area contributed by atoms with Crippen LogP contribution in [0.3, 0.4) is 0 Å². The Balaban J connectivity index is 2.24. The van der Waals surface area contributed by atoms with Crippen LogP contribution in [0.2, 0.25) is 5.02 Å². The highest BCUT2D eigenvalue weighted by Crippen LogP contribution is 2.29. The summed E-state index contributed by atoms with van der Waals surface area (Å²) in [7, 11) is 0. The van der Waals surface area contributed by atoms with Gasteiger partial charge in [-0.3, -0.25) is 0 Å². The molecule has 1 aliphatic rings. The van der Waals surface area contributed by atoms with E-state index in [0.717, 1.165) is 6.42 Å². The van der Waals surface area contributed by atoms with Crippen LogP contribution in [0, 0.1) is 0 Å². The highest BCUT2D eigenvalue weighted by atomic mass is 35.5. The zero-order valence-corrected chi connectivity index (χ0v) is 10.0. The molecule has 0 radical (unpaired) electrons. The Labute approximate surface area is 105 Å². The number of para-hydroxylation sites is 1. The lowest BCUT2D eigenvalue weighted by Crippen LogP contribution is -2.52. The first kappa shape index (κ1) is 12.2. The van der Waals surface area contributed by atoms with Gasteiger partial charge in [-0.05, 0) is 25.0 Å². The third-order valence-electron chi connectivity index (χ3n) is 2.90. The number of carboxylic acid groups (broad SMARTS) is 1. The molecule has 1 aliphatic heterocycles. The van der Waals surface area contributed by atoms with Gasteiger partial charge >= 0.3 is 5.97 Å². The second-order valence-corrected chi connectivity index (χ2v) is 4.56. The van der Waals surface area contributed by atoms with Crippen LogP contribution in [-0.4, -0.2) is 29.8 Å². The summed E-state index contributed by atoms with van der Waals surface area (Å²) in [6, 6.07) is 7.11. The molecule has 1 aromatic rings. The normalized spacial score (nSPS) is 24.3. The Morgan fingerprint density at radius 1 is 1.47 bits per heavy atom. The van der Waals surface area contributed by atoms with E-state index >= 15 is 0 Å². The molecule has 1 unspecified atom stereocenters. The second kappa shape index (κ2) is 4.94. The third-order valence-corrected chi connectivity index (χ3v) is 3.23. The predicted molar refractivity (Wildman–Crippen MR) is 65.5 cm³/mol. The zero-order chi connectivity index (χ0) is 12.3. The van der Waals surface area contributed by atoms with Gasteiger partial charge in [-0.15, -0.1) is 0 Å². The van der Waals surface area contributed by atoms with Gasteiger partial charge in [-0.25, -0.2) is 4.79 Å². The monoisotopic (exact) mass is 255 g/mol. The van der Waals surface area contributed by atoms with Crippen LogP contribution >= 0.6 is 11.6 Å². The minimum atomic E-state index is -1.07. The van der Waals surface area contributed by atoms with Crippen LogP contribution in [0.25, 0.3) is 0 Å². The van der Waals surface area contributed by atoms with Crippen LogP contribution in [0.1, 0.15) is 12.8 Å². The minimum Gasteiger partial charge on any atom is -0.479 e. The Morgan fingerprint density at radius 3 is 2.82 bits per heavy atom. The number of hydrogen-bond donors (Lipinski definition) is 2. The highest BCUT2D eigenvalue weighted by molar-refractivity contribution is 6.33. The summed E-state index contributed by atoms with van der Waals surface area (Å²) >= 11 is 6.01. The quantitative estimate of drug-likeness (QED) is 0.871. The maximum atomic E-state index is 11.4. The number of ether oxygens (including phenoxy) is 1. The molecule has 0 spiro atoms. The molecule has 0 amide bonds. The van der Waals surface area contributed by atoms with Gasteiger partial charge in [0.1, 0.15) is 0 Å². The van der Waals surface area contributed by atoms with E-state index in [1.165, 1.54) is 0 Å². The van der Waals surface area contributed by atoms with Crippen molar-refractivity contribution >= 4 is 23.3 Å². The first-order valence-corrected chi connectivity index (χ1v) is 5.86. The van der Waals surface area contributed by atoms with Crippen LogP contribution < -0.4 is 5.32 Å². The van der Waals surface area contributed by atoms with Gasteiger partial charge in [-0.2, -0.15) is 0 Å². The number of benzene rings is 1. The van der Waals surface area contributed by atoms with Crippen molar-refractivity contribution in [3.63, 3.8) is 0 Å². The van der Waals surface area contributed by atoms with E-state index in [1.54, 1.807) is 18.2 Å². The summed E-state index contributed by atoms with van der Waals surface area (Å²) in [6.45, 7) is 0.771. The molecular formula is C12H14ClNO3. The number of carboxylic acids is 1. The van der Waals surface area contributed by atoms with Crippen molar-refractivity contribution in [1.29, 1.82) is 0 Å². The molecule has 2 N–H and O–H groups in total. The number of hydrogen-bond acceptors (Lipinski definition) is 3. The molecule has 17 heavy (non-hydrogen) atoms. The molecule has 1 fully saturated rings. The lowest BCUT2D eigenvalue weighted by molar-refractivity contribution is -0.146. The van der Waals surface area contributed by atoms with Crippen molar-refractivity contribution in [3.05, 3.63) is 29.3 Å². The number of carbonyl (C=O) groups is 1. The first-order valence-electron chi connectivity index (χ1n) is 5.48. The Bertz CT molecular complexity index is 416. The van der Waals surface area contributed by atoms with E-state index in [9.17, 15) is 9.90 Å². The predicted octanol–water partition coefficient (Wildman–Crippen LogP) is 2.39. The molecule has 4 nitrogen and oxygen atoms in total. The van der Waals surface area contributed by atoms with E-state index in [1.807, 2.05) is 6.07 Å². The van der Waals surface area contributed by atoms with E-state index < -0.39 is 11.5 Å². The van der Waals surface area contributed by atoms with Gasteiger partial charge in [0.15, 0.2) is 5.54 Å². The van der Waals surface area contributed by atoms with Gasteiger partial charge in [-0.1, -0.05) is 23.7 Å². The van der Waals surface area contributed by atoms with Crippen molar-refractivity contribution < 1.29 is 14.6 Å². The number of nitrogens with one attached hydrogen (secondary N) is 1. The van der Waals surface area contributed by atoms with Crippen molar-refractivity contribution in [3.8, 4) is 0 Å². The standard InChI is InChI=1S/C12H14ClNO3/c13-9-4-1-2-5-10(9)14-12(11(15)16)6-3-7-17-8-12/h1-2,4-5,14H,3,6-8H2,(H,15,16). The molecule has 2 rings (SSSR count). The summed E-state index contributed by atoms with van der Waals surface area (Å²) in [4.78, 5) is 11.4. The molecule has 0 saturated carbocycles. The molecule has 1 aromatic carbocycles. The first-order chi connectivity index (χ1) is 8.14. The van der Waals surface area contributed by atoms with Crippen molar-refractivity contribution in [1.82, 2.24) is 0 Å².